The zero-order valence-corrected chi connectivity index (χ0v) is 11.5. The molecule has 110 valence electrons. The molecule has 2 nitrogen and oxygen atoms in total. The summed E-state index contributed by atoms with van der Waals surface area (Å²) >= 11 is 5.72. The fourth-order valence-corrected chi connectivity index (χ4v) is 2.61. The van der Waals surface area contributed by atoms with Crippen molar-refractivity contribution in [1.82, 2.24) is 5.32 Å². The molecule has 1 aromatic carbocycles. The predicted molar refractivity (Wildman–Crippen MR) is 70.7 cm³/mol. The Balaban J connectivity index is 1.96. The molecule has 6 heteroatoms. The molecular formula is C14H15ClF3NO. The number of benzene rings is 1. The molecule has 1 saturated carbocycles. The fraction of sp³-hybridized carbons (Fsp3) is 0.500. The lowest BCUT2D eigenvalue weighted by atomic mass is 9.85. The van der Waals surface area contributed by atoms with Crippen LogP contribution in [0.2, 0.25) is 5.02 Å². The summed E-state index contributed by atoms with van der Waals surface area (Å²) in [4.78, 5) is 11.9. The van der Waals surface area contributed by atoms with E-state index in [0.29, 0.717) is 23.4 Å². The minimum absolute atomic E-state index is 0.0389. The second-order valence-corrected chi connectivity index (χ2v) is 5.52. The second kappa shape index (κ2) is 6.04. The van der Waals surface area contributed by atoms with Crippen LogP contribution in [0.1, 0.15) is 36.0 Å². The highest BCUT2D eigenvalue weighted by molar-refractivity contribution is 6.30. The number of nitrogens with one attached hydrogen (secondary N) is 1. The zero-order valence-electron chi connectivity index (χ0n) is 10.7. The van der Waals surface area contributed by atoms with Crippen LogP contribution in [0.3, 0.4) is 0 Å². The van der Waals surface area contributed by atoms with Crippen molar-refractivity contribution in [2.24, 2.45) is 5.92 Å². The third-order valence-corrected chi connectivity index (χ3v) is 3.83. The number of hydrogen-bond acceptors (Lipinski definition) is 1. The Labute approximate surface area is 120 Å². The Morgan fingerprint density at radius 2 is 1.85 bits per heavy atom. The molecule has 2 atom stereocenters. The summed E-state index contributed by atoms with van der Waals surface area (Å²) in [7, 11) is 0. The highest BCUT2D eigenvalue weighted by Gasteiger charge is 2.42. The Morgan fingerprint density at radius 1 is 1.20 bits per heavy atom. The van der Waals surface area contributed by atoms with E-state index in [-0.39, 0.29) is 18.7 Å². The molecule has 1 fully saturated rings. The molecule has 0 bridgehead atoms. The van der Waals surface area contributed by atoms with Gasteiger partial charge in [0, 0.05) is 16.6 Å². The summed E-state index contributed by atoms with van der Waals surface area (Å²) < 4.78 is 38.1. The lowest BCUT2D eigenvalue weighted by Crippen LogP contribution is -2.41. The van der Waals surface area contributed by atoms with Crippen LogP contribution in [-0.2, 0) is 0 Å². The molecule has 1 aliphatic rings. The van der Waals surface area contributed by atoms with Gasteiger partial charge in [0.15, 0.2) is 0 Å². The summed E-state index contributed by atoms with van der Waals surface area (Å²) in [6.45, 7) is 0. The quantitative estimate of drug-likeness (QED) is 0.872. The number of halogens is 4. The summed E-state index contributed by atoms with van der Waals surface area (Å²) in [6.07, 6.45) is -3.00. The number of hydrogen-bond donors (Lipinski definition) is 1. The third-order valence-electron chi connectivity index (χ3n) is 3.58. The number of amides is 1. The molecule has 1 N–H and O–H groups in total. The van der Waals surface area contributed by atoms with Crippen LogP contribution >= 0.6 is 11.6 Å². The normalized spacial score (nSPS) is 23.4. The smallest absolute Gasteiger partial charge is 0.349 e. The largest absolute Gasteiger partial charge is 0.391 e. The first-order valence-corrected chi connectivity index (χ1v) is 6.87. The van der Waals surface area contributed by atoms with Crippen molar-refractivity contribution in [3.05, 3.63) is 34.9 Å². The van der Waals surface area contributed by atoms with Crippen molar-refractivity contribution >= 4 is 17.5 Å². The zero-order chi connectivity index (χ0) is 14.8. The minimum atomic E-state index is -4.18. The highest BCUT2D eigenvalue weighted by Crippen LogP contribution is 2.37. The van der Waals surface area contributed by atoms with E-state index in [9.17, 15) is 18.0 Å². The van der Waals surface area contributed by atoms with Crippen LogP contribution < -0.4 is 5.32 Å². The van der Waals surface area contributed by atoms with Crippen LogP contribution in [0.5, 0.6) is 0 Å². The molecular weight excluding hydrogens is 291 g/mol. The van der Waals surface area contributed by atoms with Crippen molar-refractivity contribution in [3.63, 3.8) is 0 Å². The molecule has 0 spiro atoms. The Hall–Kier alpha value is -1.23. The van der Waals surface area contributed by atoms with Crippen molar-refractivity contribution in [1.29, 1.82) is 0 Å². The van der Waals surface area contributed by atoms with Gasteiger partial charge in [-0.2, -0.15) is 13.2 Å². The van der Waals surface area contributed by atoms with Gasteiger partial charge in [-0.25, -0.2) is 0 Å². The molecule has 0 aliphatic heterocycles. The Kier molecular flexibility index (Phi) is 4.58. The maximum Gasteiger partial charge on any atom is 0.391 e. The van der Waals surface area contributed by atoms with Crippen molar-refractivity contribution in [3.8, 4) is 0 Å². The van der Waals surface area contributed by atoms with E-state index < -0.39 is 18.1 Å². The van der Waals surface area contributed by atoms with Crippen molar-refractivity contribution in [2.75, 3.05) is 0 Å². The van der Waals surface area contributed by atoms with Crippen LogP contribution in [0.15, 0.2) is 24.3 Å². The summed E-state index contributed by atoms with van der Waals surface area (Å²) in [6, 6.07) is 5.85. The summed E-state index contributed by atoms with van der Waals surface area (Å²) in [5.41, 5.74) is 0.406. The van der Waals surface area contributed by atoms with Crippen molar-refractivity contribution < 1.29 is 18.0 Å². The fourth-order valence-electron chi connectivity index (χ4n) is 2.49. The van der Waals surface area contributed by atoms with Crippen LogP contribution in [-0.4, -0.2) is 18.1 Å². The van der Waals surface area contributed by atoms with Crippen LogP contribution in [0.25, 0.3) is 0 Å². The van der Waals surface area contributed by atoms with Gasteiger partial charge in [-0.1, -0.05) is 18.0 Å². The molecule has 2 rings (SSSR count). The van der Waals surface area contributed by atoms with Gasteiger partial charge < -0.3 is 5.32 Å². The Morgan fingerprint density at radius 3 is 2.45 bits per heavy atom. The molecule has 1 amide bonds. The third kappa shape index (κ3) is 3.88. The van der Waals surface area contributed by atoms with Gasteiger partial charge in [0.2, 0.25) is 0 Å². The monoisotopic (exact) mass is 305 g/mol. The lowest BCUT2D eigenvalue weighted by molar-refractivity contribution is -0.183. The maximum absolute atomic E-state index is 12.7. The first-order chi connectivity index (χ1) is 9.36. The average molecular weight is 306 g/mol. The molecule has 0 aromatic heterocycles. The molecule has 1 aromatic rings. The van der Waals surface area contributed by atoms with Crippen LogP contribution in [0, 0.1) is 5.92 Å². The number of rotatable bonds is 2. The van der Waals surface area contributed by atoms with Gasteiger partial charge in [0.25, 0.3) is 5.91 Å². The van der Waals surface area contributed by atoms with Crippen LogP contribution in [0.4, 0.5) is 13.2 Å². The van der Waals surface area contributed by atoms with E-state index in [0.717, 1.165) is 0 Å². The van der Waals surface area contributed by atoms with E-state index >= 15 is 0 Å². The summed E-state index contributed by atoms with van der Waals surface area (Å²) in [5, 5.41) is 3.19. The summed E-state index contributed by atoms with van der Waals surface area (Å²) in [5.74, 6) is -1.67. The van der Waals surface area contributed by atoms with Gasteiger partial charge in [-0.3, -0.25) is 4.79 Å². The molecule has 0 heterocycles. The van der Waals surface area contributed by atoms with Gasteiger partial charge in [0.1, 0.15) is 0 Å². The predicted octanol–water partition coefficient (Wildman–Crippen LogP) is 4.19. The highest BCUT2D eigenvalue weighted by atomic mass is 35.5. The van der Waals surface area contributed by atoms with E-state index in [1.807, 2.05) is 0 Å². The Bertz CT molecular complexity index is 472. The van der Waals surface area contributed by atoms with Gasteiger partial charge >= 0.3 is 6.18 Å². The standard InChI is InChI=1S/C14H15ClF3NO/c15-11-6-4-9(5-7-11)13(20)19-12-3-1-2-10(8-12)14(16,17)18/h4-7,10,12H,1-3,8H2,(H,19,20)/t10-,12-/m1/s1. The topological polar surface area (TPSA) is 29.1 Å². The SMILES string of the molecule is O=C(N[C@@H]1CCC[C@@H](C(F)(F)F)C1)c1ccc(Cl)cc1. The molecule has 20 heavy (non-hydrogen) atoms. The van der Waals surface area contributed by atoms with Crippen molar-refractivity contribution in [2.45, 2.75) is 37.9 Å². The lowest BCUT2D eigenvalue weighted by Gasteiger charge is -2.31. The molecule has 0 saturated heterocycles. The van der Waals surface area contributed by atoms with E-state index in [2.05, 4.69) is 5.32 Å². The first-order valence-electron chi connectivity index (χ1n) is 6.49. The van der Waals surface area contributed by atoms with Gasteiger partial charge in [-0.15, -0.1) is 0 Å². The van der Waals surface area contributed by atoms with Gasteiger partial charge in [-0.05, 0) is 43.5 Å². The average Bonchev–Trinajstić information content (AvgIpc) is 2.38. The maximum atomic E-state index is 12.7. The minimum Gasteiger partial charge on any atom is -0.349 e. The number of alkyl halides is 3. The van der Waals surface area contributed by atoms with E-state index in [1.165, 1.54) is 0 Å². The molecule has 0 unspecified atom stereocenters. The second-order valence-electron chi connectivity index (χ2n) is 5.08. The number of carbonyl (C=O) groups is 1. The first kappa shape index (κ1) is 15.2. The van der Waals surface area contributed by atoms with Gasteiger partial charge in [0.05, 0.1) is 5.92 Å². The molecule has 1 aliphatic carbocycles. The molecule has 0 radical (unpaired) electrons. The van der Waals surface area contributed by atoms with E-state index in [4.69, 9.17) is 11.6 Å². The van der Waals surface area contributed by atoms with E-state index in [1.54, 1.807) is 24.3 Å². The number of carbonyl (C=O) groups excluding carboxylic acids is 1.